The number of fused-ring (bicyclic) bond motifs is 14. The van der Waals surface area contributed by atoms with Gasteiger partial charge in [-0.05, 0) is 26.3 Å². The molecule has 0 unspecified atom stereocenters. The second-order valence-corrected chi connectivity index (χ2v) is 16.7. The molecule has 3 aliphatic rings. The number of aliphatic hydroxyl groups excluding tert-OH is 2. The van der Waals surface area contributed by atoms with Crippen molar-refractivity contribution in [2.24, 2.45) is 23.7 Å². The molecule has 5 bridgehead atoms. The number of hydrogen-bond acceptors (Lipinski definition) is 14. The smallest absolute Gasteiger partial charge is 0.312 e. The molecule has 16 nitrogen and oxygen atoms in total. The van der Waals surface area contributed by atoms with Crippen molar-refractivity contribution in [1.82, 2.24) is 10.0 Å². The number of esters is 1. The molecule has 2 amide bonds. The van der Waals surface area contributed by atoms with Crippen LogP contribution in [0.25, 0.3) is 10.8 Å². The number of phenolic OH excluding ortho intramolecular Hbond substituents is 2. The normalized spacial score (nSPS) is 28.8. The Kier molecular flexibility index (Phi) is 17.2. The lowest BCUT2D eigenvalue weighted by Crippen LogP contribution is -2.48. The van der Waals surface area contributed by atoms with Gasteiger partial charge in [0.2, 0.25) is 0 Å². The van der Waals surface area contributed by atoms with Gasteiger partial charge >= 0.3 is 11.8 Å². The molecule has 3 aliphatic heterocycles. The maximum absolute atomic E-state index is 14.6. The Morgan fingerprint density at radius 1 is 0.937 bits per heavy atom. The van der Waals surface area contributed by atoms with Gasteiger partial charge in [-0.3, -0.25) is 24.2 Å². The average molecular weight is 882 g/mol. The number of nitrogens with one attached hydrogen (secondary N) is 1. The van der Waals surface area contributed by atoms with E-state index < -0.39 is 89.6 Å². The molecule has 5 rings (SSSR count). The number of nitrogens with zero attached hydrogens (tertiary/aromatic N) is 2. The van der Waals surface area contributed by atoms with Crippen LogP contribution in [0, 0.1) is 30.6 Å². The number of amides is 2. The van der Waals surface area contributed by atoms with Gasteiger partial charge in [-0.2, -0.15) is 0 Å². The number of hydrogen-bond donors (Lipinski definition) is 5. The summed E-state index contributed by atoms with van der Waals surface area (Å²) < 4.78 is 30.0. The molecule has 16 heteroatoms. The average Bonchev–Trinajstić information content (AvgIpc) is 3.52. The monoisotopic (exact) mass is 881 g/mol. The Bertz CT molecular complexity index is 2100. The predicted octanol–water partition coefficient (Wildman–Crippen LogP) is 6.31. The minimum Gasteiger partial charge on any atom is -0.507 e. The molecular weight excluding hydrogens is 815 g/mol. The Morgan fingerprint density at radius 3 is 2.21 bits per heavy atom. The molecule has 2 aromatic rings. The number of ketones is 1. The van der Waals surface area contributed by atoms with Gasteiger partial charge in [0.1, 0.15) is 23.4 Å². The lowest BCUT2D eigenvalue weighted by atomic mass is 9.78. The topological polar surface area (TPSA) is 214 Å². The van der Waals surface area contributed by atoms with Crippen LogP contribution in [0.4, 0.5) is 5.69 Å². The lowest BCUT2D eigenvalue weighted by Gasteiger charge is -2.38. The number of benzene rings is 2. The first-order valence-electron chi connectivity index (χ1n) is 21.7. The summed E-state index contributed by atoms with van der Waals surface area (Å²) in [5.74, 6) is -8.07. The maximum Gasteiger partial charge on any atom is 0.312 e. The van der Waals surface area contributed by atoms with E-state index >= 15 is 0 Å². The van der Waals surface area contributed by atoms with E-state index in [9.17, 15) is 39.6 Å². The highest BCUT2D eigenvalue weighted by Gasteiger charge is 2.50. The van der Waals surface area contributed by atoms with Gasteiger partial charge in [-0.25, -0.2) is 5.01 Å². The molecule has 0 saturated carbocycles. The minimum absolute atomic E-state index is 0.0583. The number of aliphatic hydroxyl groups is 2. The molecule has 0 aromatic heterocycles. The van der Waals surface area contributed by atoms with Crippen LogP contribution in [0.5, 0.6) is 23.0 Å². The Hall–Kier alpha value is -5.16. The first-order chi connectivity index (χ1) is 29.7. The first kappa shape index (κ1) is 50.5. The molecule has 2 aromatic carbocycles. The number of phenols is 2. The van der Waals surface area contributed by atoms with Gasteiger partial charge in [-0.1, -0.05) is 73.1 Å². The number of hydrazine groups is 1. The Morgan fingerprint density at radius 2 is 1.60 bits per heavy atom. The zero-order valence-electron chi connectivity index (χ0n) is 38.7. The summed E-state index contributed by atoms with van der Waals surface area (Å²) in [6, 6.07) is 1.28. The number of unbranched alkanes of at least 4 members (excludes halogenated alkanes) is 1. The van der Waals surface area contributed by atoms with Crippen molar-refractivity contribution in [3.8, 4) is 23.0 Å². The maximum atomic E-state index is 14.6. The number of aromatic hydroxyl groups is 2. The van der Waals surface area contributed by atoms with Gasteiger partial charge in [0.25, 0.3) is 17.6 Å². The predicted molar refractivity (Wildman–Crippen MR) is 237 cm³/mol. The summed E-state index contributed by atoms with van der Waals surface area (Å²) in [5, 5.41) is 52.3. The van der Waals surface area contributed by atoms with E-state index in [0.717, 1.165) is 12.8 Å². The van der Waals surface area contributed by atoms with E-state index in [2.05, 4.69) is 5.32 Å². The van der Waals surface area contributed by atoms with Crippen molar-refractivity contribution in [3.05, 3.63) is 53.3 Å². The fourth-order valence-corrected chi connectivity index (χ4v) is 8.26. The van der Waals surface area contributed by atoms with Gasteiger partial charge in [0, 0.05) is 86.9 Å². The fourth-order valence-electron chi connectivity index (χ4n) is 8.26. The van der Waals surface area contributed by atoms with Gasteiger partial charge in [-0.15, -0.1) is 0 Å². The summed E-state index contributed by atoms with van der Waals surface area (Å²) >= 11 is 0. The zero-order valence-corrected chi connectivity index (χ0v) is 38.7. The molecule has 63 heavy (non-hydrogen) atoms. The number of carbonyl (C=O) groups excluding carboxylic acids is 4. The Labute approximate surface area is 370 Å². The molecule has 9 atom stereocenters. The van der Waals surface area contributed by atoms with Crippen molar-refractivity contribution < 1.29 is 63.3 Å². The quantitative estimate of drug-likeness (QED) is 0.0951. The molecular formula is C47H67N3O13. The number of allylic oxidation sites excluding steroid dienone is 2. The molecule has 0 radical (unpaired) electrons. The Balaban J connectivity index is 1.94. The van der Waals surface area contributed by atoms with E-state index in [4.69, 9.17) is 23.7 Å². The van der Waals surface area contributed by atoms with Crippen molar-refractivity contribution in [1.29, 1.82) is 0 Å². The van der Waals surface area contributed by atoms with Crippen LogP contribution in [-0.4, -0.2) is 118 Å². The standard InChI is InChI=1S/C47H67N3O13/c1-13-16-21-50(49(14-2)15-3)35(52)24-60-34-23-32-42(56)37-36(34)38-44(30(9)41(37)55)63-47(11,45(38)57)61-22-20-33(59-12)27(6)43(62-31(10)51)29(8)40(54)28(7)39(53)25(4)18-17-19-26(5)46(58)48-32/h17-20,22-23,25,27-29,33,39-40,43,53-56H,13-16,21,24H2,1-12H3,(H,48,58)/b18-17+,22-20+,26-19-/t25-,27+,28+,29+,33-,39-,40+,43+,47-/m0/s1. The van der Waals surface area contributed by atoms with Crippen molar-refractivity contribution in [2.75, 3.05) is 38.7 Å². The van der Waals surface area contributed by atoms with Gasteiger partial charge in [0.15, 0.2) is 12.4 Å². The van der Waals surface area contributed by atoms with Crippen LogP contribution in [-0.2, 0) is 28.6 Å². The largest absolute Gasteiger partial charge is 0.507 e. The van der Waals surface area contributed by atoms with E-state index in [0.29, 0.717) is 19.6 Å². The second-order valence-electron chi connectivity index (χ2n) is 16.7. The van der Waals surface area contributed by atoms with E-state index in [-0.39, 0.29) is 50.6 Å². The second kappa shape index (κ2) is 21.5. The number of Topliss-reactive ketones (excluding diaryl/α,β-unsaturated/α-hetero) is 1. The summed E-state index contributed by atoms with van der Waals surface area (Å²) in [6.45, 7) is 19.5. The zero-order chi connectivity index (χ0) is 47.1. The van der Waals surface area contributed by atoms with Crippen molar-refractivity contribution >= 4 is 40.0 Å². The summed E-state index contributed by atoms with van der Waals surface area (Å²) in [5.41, 5.74) is -0.0124. The molecule has 0 fully saturated rings. The number of anilines is 1. The highest BCUT2D eigenvalue weighted by Crippen LogP contribution is 2.54. The summed E-state index contributed by atoms with van der Waals surface area (Å²) in [7, 11) is 1.44. The molecule has 0 spiro atoms. The number of carbonyl (C=O) groups is 4. The van der Waals surface area contributed by atoms with Crippen LogP contribution >= 0.6 is 0 Å². The third-order valence-corrected chi connectivity index (χ3v) is 12.3. The third-order valence-electron chi connectivity index (χ3n) is 12.3. The van der Waals surface area contributed by atoms with E-state index in [1.165, 1.54) is 59.3 Å². The SMILES string of the molecule is CCCCN(C(=O)COc1cc2c(O)c3c(O)c(C)c4c(c13)C(=O)[C@@](C)(O/C=C/[C@H](OC)[C@@H](C)[C@@H](OC(C)=O)[C@H](C)[C@H](O)[C@H](C)[C@@H](O)[C@@H](C)/C=C/C=C(/C)C(=O)N2)O4)N(CC)CC. The highest BCUT2D eigenvalue weighted by atomic mass is 16.7. The third kappa shape index (κ3) is 10.8. The molecule has 0 saturated heterocycles. The van der Waals surface area contributed by atoms with Gasteiger partial charge < -0.3 is 49.4 Å². The summed E-state index contributed by atoms with van der Waals surface area (Å²) in [4.78, 5) is 54.6. The van der Waals surface area contributed by atoms with Gasteiger partial charge in [0.05, 0.1) is 41.2 Å². The van der Waals surface area contributed by atoms with Crippen LogP contribution in [0.2, 0.25) is 0 Å². The van der Waals surface area contributed by atoms with Crippen LogP contribution in [0.1, 0.15) is 98.0 Å². The molecule has 348 valence electrons. The van der Waals surface area contributed by atoms with Crippen LogP contribution in [0.15, 0.2) is 42.2 Å². The minimum atomic E-state index is -2.04. The lowest BCUT2D eigenvalue weighted by molar-refractivity contribution is -0.160. The molecule has 5 N–H and O–H groups in total. The number of ether oxygens (including phenoxy) is 5. The van der Waals surface area contributed by atoms with Crippen LogP contribution in [0.3, 0.4) is 0 Å². The molecule has 3 heterocycles. The number of rotatable bonds is 11. The fraction of sp³-hybridized carbons (Fsp3) is 0.574. The van der Waals surface area contributed by atoms with Crippen molar-refractivity contribution in [2.45, 2.75) is 119 Å². The highest BCUT2D eigenvalue weighted by molar-refractivity contribution is 6.21. The van der Waals surface area contributed by atoms with Crippen molar-refractivity contribution in [3.63, 3.8) is 0 Å². The molecule has 0 aliphatic carbocycles. The van der Waals surface area contributed by atoms with E-state index in [1.807, 2.05) is 25.8 Å². The number of methoxy groups -OCH3 is 1. The van der Waals surface area contributed by atoms with Crippen LogP contribution < -0.4 is 14.8 Å². The first-order valence-corrected chi connectivity index (χ1v) is 21.7. The van der Waals surface area contributed by atoms with E-state index in [1.54, 1.807) is 44.9 Å². The summed E-state index contributed by atoms with van der Waals surface area (Å²) in [6.07, 6.45) is 5.19.